The number of allylic oxidation sites excluding steroid dienone is 2. The van der Waals surface area contributed by atoms with Crippen LogP contribution in [-0.2, 0) is 23.2 Å². The van der Waals surface area contributed by atoms with Gasteiger partial charge < -0.3 is 16.6 Å². The zero-order valence-corrected chi connectivity index (χ0v) is 19.4. The third kappa shape index (κ3) is 6.28. The summed E-state index contributed by atoms with van der Waals surface area (Å²) in [6.07, 6.45) is 4.63. The fraction of sp³-hybridized carbons (Fsp3) is 0.250. The van der Waals surface area contributed by atoms with Crippen molar-refractivity contribution in [3.8, 4) is 11.1 Å². The average Bonchev–Trinajstić information content (AvgIpc) is 2.67. The molecule has 0 aliphatic heterocycles. The molecule has 2 aromatic rings. The third-order valence-corrected chi connectivity index (χ3v) is 4.93. The molecule has 0 fully saturated rings. The first kappa shape index (κ1) is 28.6. The van der Waals surface area contributed by atoms with Gasteiger partial charge in [-0.05, 0) is 54.5 Å². The van der Waals surface area contributed by atoms with E-state index in [0.29, 0.717) is 29.5 Å². The summed E-state index contributed by atoms with van der Waals surface area (Å²) in [5.41, 5.74) is 14.7. The molecule has 0 saturated heterocycles. The predicted molar refractivity (Wildman–Crippen MR) is 131 cm³/mol. The second kappa shape index (κ2) is 11.8. The summed E-state index contributed by atoms with van der Waals surface area (Å²) in [6, 6.07) is 10.3. The Morgan fingerprint density at radius 3 is 2.23 bits per heavy atom. The Morgan fingerprint density at radius 1 is 1.10 bits per heavy atom. The summed E-state index contributed by atoms with van der Waals surface area (Å²) >= 11 is 0. The predicted octanol–water partition coefficient (Wildman–Crippen LogP) is 4.44. The minimum absolute atomic E-state index is 0. The topological polar surface area (TPSA) is 106 Å². The molecule has 0 aliphatic carbocycles. The molecule has 7 heteroatoms. The van der Waals surface area contributed by atoms with E-state index in [4.69, 9.17) is 11.5 Å². The van der Waals surface area contributed by atoms with E-state index in [1.165, 1.54) is 6.92 Å². The first-order chi connectivity index (χ1) is 13.6. The highest BCUT2D eigenvalue weighted by Crippen LogP contribution is 2.33. The zero-order chi connectivity index (χ0) is 21.8. The van der Waals surface area contributed by atoms with E-state index in [1.807, 2.05) is 18.2 Å². The monoisotopic (exact) mass is 464 g/mol. The molecular weight excluding hydrogens is 435 g/mol. The van der Waals surface area contributed by atoms with E-state index in [-0.39, 0.29) is 30.6 Å². The van der Waals surface area contributed by atoms with E-state index in [0.717, 1.165) is 16.7 Å². The molecule has 0 aromatic heterocycles. The van der Waals surface area contributed by atoms with Crippen LogP contribution in [0.4, 0.5) is 0 Å². The number of benzene rings is 2. The SMILES string of the molecule is C=CCc1ccc(C(C)(N)C(=O)O)c(-c2ccc(C(=O)C(C)N)c(CC=C)c2)c1.Cl.Cl. The highest BCUT2D eigenvalue weighted by Gasteiger charge is 2.33. The van der Waals surface area contributed by atoms with Crippen molar-refractivity contribution in [2.24, 2.45) is 11.5 Å². The van der Waals surface area contributed by atoms with Crippen LogP contribution in [0.25, 0.3) is 11.1 Å². The molecule has 31 heavy (non-hydrogen) atoms. The number of hydrogen-bond donors (Lipinski definition) is 3. The third-order valence-electron chi connectivity index (χ3n) is 4.93. The standard InChI is InChI=1S/C24H28N2O3.2ClH/c1-5-7-16-9-12-21(24(4,26)23(28)29)20(13-16)18-10-11-19(22(27)15(3)25)17(14-18)8-6-2;;/h5-6,9-15H,1-2,7-8,25-26H2,3-4H3,(H,28,29);2*1H. The Morgan fingerprint density at radius 2 is 1.71 bits per heavy atom. The lowest BCUT2D eigenvalue weighted by molar-refractivity contribution is -0.143. The van der Waals surface area contributed by atoms with Gasteiger partial charge in [-0.15, -0.1) is 38.0 Å². The molecule has 2 rings (SSSR count). The maximum atomic E-state index is 12.5. The van der Waals surface area contributed by atoms with E-state index >= 15 is 0 Å². The van der Waals surface area contributed by atoms with Crippen LogP contribution in [0, 0.1) is 0 Å². The first-order valence-electron chi connectivity index (χ1n) is 9.44. The van der Waals surface area contributed by atoms with Gasteiger partial charge in [0.25, 0.3) is 0 Å². The van der Waals surface area contributed by atoms with Crippen molar-refractivity contribution >= 4 is 36.6 Å². The number of nitrogens with two attached hydrogens (primary N) is 2. The first-order valence-corrected chi connectivity index (χ1v) is 9.44. The molecular formula is C24H30Cl2N2O3. The van der Waals surface area contributed by atoms with Crippen LogP contribution in [0.1, 0.15) is 40.9 Å². The molecule has 0 heterocycles. The molecule has 0 radical (unpaired) electrons. The summed E-state index contributed by atoms with van der Waals surface area (Å²) in [4.78, 5) is 24.3. The van der Waals surface area contributed by atoms with E-state index in [1.54, 1.807) is 37.3 Å². The number of aliphatic carboxylic acids is 1. The molecule has 2 atom stereocenters. The normalized spacial score (nSPS) is 13.0. The number of ketones is 1. The van der Waals surface area contributed by atoms with Gasteiger partial charge in [-0.1, -0.05) is 48.6 Å². The molecule has 5 N–H and O–H groups in total. The van der Waals surface area contributed by atoms with Crippen molar-refractivity contribution in [2.75, 3.05) is 0 Å². The highest BCUT2D eigenvalue weighted by molar-refractivity contribution is 6.01. The Labute approximate surface area is 196 Å². The molecule has 0 spiro atoms. The van der Waals surface area contributed by atoms with Crippen LogP contribution in [0.2, 0.25) is 0 Å². The smallest absolute Gasteiger partial charge is 0.328 e. The van der Waals surface area contributed by atoms with Gasteiger partial charge in [0.1, 0.15) is 5.54 Å². The minimum Gasteiger partial charge on any atom is -0.480 e. The van der Waals surface area contributed by atoms with Gasteiger partial charge in [-0.25, -0.2) is 4.79 Å². The average molecular weight is 465 g/mol. The molecule has 2 aromatic carbocycles. The summed E-state index contributed by atoms with van der Waals surface area (Å²) in [7, 11) is 0. The Kier molecular flexibility index (Phi) is 10.9. The fourth-order valence-electron chi connectivity index (χ4n) is 3.26. The van der Waals surface area contributed by atoms with Crippen LogP contribution in [0.5, 0.6) is 0 Å². The molecule has 5 nitrogen and oxygen atoms in total. The number of carbonyl (C=O) groups excluding carboxylic acids is 1. The maximum Gasteiger partial charge on any atom is 0.328 e. The molecule has 0 saturated carbocycles. The largest absolute Gasteiger partial charge is 0.480 e. The number of hydrogen-bond acceptors (Lipinski definition) is 4. The van der Waals surface area contributed by atoms with Crippen LogP contribution >= 0.6 is 24.8 Å². The van der Waals surface area contributed by atoms with Crippen molar-refractivity contribution in [2.45, 2.75) is 38.3 Å². The van der Waals surface area contributed by atoms with Crippen molar-refractivity contribution in [1.29, 1.82) is 0 Å². The number of carboxylic acid groups (broad SMARTS) is 1. The number of rotatable bonds is 9. The maximum absolute atomic E-state index is 12.5. The van der Waals surface area contributed by atoms with Crippen molar-refractivity contribution in [3.05, 3.63) is 84.0 Å². The van der Waals surface area contributed by atoms with Gasteiger partial charge in [0.05, 0.1) is 6.04 Å². The summed E-state index contributed by atoms with van der Waals surface area (Å²) in [5.74, 6) is -1.27. The van der Waals surface area contributed by atoms with Crippen LogP contribution in [0.3, 0.4) is 0 Å². The molecule has 0 aliphatic rings. The second-order valence-corrected chi connectivity index (χ2v) is 7.40. The molecule has 168 valence electrons. The number of carboxylic acids is 1. The van der Waals surface area contributed by atoms with E-state index in [9.17, 15) is 14.7 Å². The Bertz CT molecular complexity index is 969. The lowest BCUT2D eigenvalue weighted by Gasteiger charge is -2.24. The van der Waals surface area contributed by atoms with Crippen molar-refractivity contribution in [1.82, 2.24) is 0 Å². The van der Waals surface area contributed by atoms with Gasteiger partial charge in [0.15, 0.2) is 5.78 Å². The van der Waals surface area contributed by atoms with Crippen LogP contribution < -0.4 is 11.5 Å². The Hall–Kier alpha value is -2.44. The summed E-state index contributed by atoms with van der Waals surface area (Å²) < 4.78 is 0. The molecule has 0 amide bonds. The minimum atomic E-state index is -1.57. The fourth-order valence-corrected chi connectivity index (χ4v) is 3.26. The summed E-state index contributed by atoms with van der Waals surface area (Å²) in [5, 5.41) is 9.64. The lowest BCUT2D eigenvalue weighted by Crippen LogP contribution is -2.42. The summed E-state index contributed by atoms with van der Waals surface area (Å²) in [6.45, 7) is 10.7. The molecule has 2 unspecified atom stereocenters. The van der Waals surface area contributed by atoms with Crippen LogP contribution in [-0.4, -0.2) is 22.9 Å². The quantitative estimate of drug-likeness (QED) is 0.375. The highest BCUT2D eigenvalue weighted by atomic mass is 35.5. The van der Waals surface area contributed by atoms with Crippen LogP contribution in [0.15, 0.2) is 61.7 Å². The number of Topliss-reactive ketones (excluding diaryl/α,β-unsaturated/α-hetero) is 1. The zero-order valence-electron chi connectivity index (χ0n) is 17.8. The van der Waals surface area contributed by atoms with E-state index in [2.05, 4.69) is 13.2 Å². The van der Waals surface area contributed by atoms with Gasteiger partial charge in [-0.3, -0.25) is 4.79 Å². The second-order valence-electron chi connectivity index (χ2n) is 7.40. The Balaban J connectivity index is 0.00000450. The number of halogens is 2. The lowest BCUT2D eigenvalue weighted by atomic mass is 9.83. The van der Waals surface area contributed by atoms with E-state index < -0.39 is 17.6 Å². The molecule has 0 bridgehead atoms. The van der Waals surface area contributed by atoms with Gasteiger partial charge in [-0.2, -0.15) is 0 Å². The van der Waals surface area contributed by atoms with Gasteiger partial charge in [0.2, 0.25) is 0 Å². The van der Waals surface area contributed by atoms with Gasteiger partial charge >= 0.3 is 5.97 Å². The van der Waals surface area contributed by atoms with Crippen molar-refractivity contribution in [3.63, 3.8) is 0 Å². The van der Waals surface area contributed by atoms with Gasteiger partial charge in [0, 0.05) is 5.56 Å². The van der Waals surface area contributed by atoms with Crippen molar-refractivity contribution < 1.29 is 14.7 Å². The number of carbonyl (C=O) groups is 2.